The molecule has 2 aromatic rings. The van der Waals surface area contributed by atoms with Gasteiger partial charge in [-0.25, -0.2) is 4.98 Å². The summed E-state index contributed by atoms with van der Waals surface area (Å²) in [6.07, 6.45) is 8.89. The largest absolute Gasteiger partial charge is 0.301 e. The Balaban J connectivity index is 1.29. The number of benzene rings is 1. The number of carbonyl (C=O) groups excluding carboxylic acids is 1. The minimum atomic E-state index is -0.284. The van der Waals surface area contributed by atoms with E-state index in [2.05, 4.69) is 10.3 Å². The number of hydrogen-bond acceptors (Lipinski definition) is 3. The number of amides is 1. The highest BCUT2D eigenvalue weighted by atomic mass is 35.5. The summed E-state index contributed by atoms with van der Waals surface area (Å²) in [4.78, 5) is 18.6. The van der Waals surface area contributed by atoms with Gasteiger partial charge in [0.05, 0.1) is 5.41 Å². The van der Waals surface area contributed by atoms with Crippen molar-refractivity contribution in [3.8, 4) is 0 Å². The summed E-state index contributed by atoms with van der Waals surface area (Å²) in [7, 11) is 0. The predicted molar refractivity (Wildman–Crippen MR) is 111 cm³/mol. The van der Waals surface area contributed by atoms with Crippen molar-refractivity contribution in [2.45, 2.75) is 49.8 Å². The summed E-state index contributed by atoms with van der Waals surface area (Å²) in [5.41, 5.74) is 0.902. The molecule has 4 saturated carbocycles. The summed E-state index contributed by atoms with van der Waals surface area (Å²) in [6, 6.07) is 7.84. The van der Waals surface area contributed by atoms with Gasteiger partial charge in [0.15, 0.2) is 5.13 Å². The van der Waals surface area contributed by atoms with Crippen molar-refractivity contribution in [1.82, 2.24) is 4.98 Å². The molecule has 6 rings (SSSR count). The van der Waals surface area contributed by atoms with Crippen molar-refractivity contribution in [2.75, 3.05) is 5.32 Å². The van der Waals surface area contributed by atoms with Crippen LogP contribution in [-0.2, 0) is 11.2 Å². The molecule has 27 heavy (non-hydrogen) atoms. The van der Waals surface area contributed by atoms with Crippen LogP contribution in [0.4, 0.5) is 5.13 Å². The molecule has 142 valence electrons. The van der Waals surface area contributed by atoms with Gasteiger partial charge < -0.3 is 5.32 Å². The number of rotatable bonds is 4. The maximum Gasteiger partial charge on any atom is 0.232 e. The predicted octanol–water partition coefficient (Wildman–Crippen LogP) is 5.90. The van der Waals surface area contributed by atoms with Crippen molar-refractivity contribution < 1.29 is 4.79 Å². The smallest absolute Gasteiger partial charge is 0.232 e. The molecule has 4 aliphatic carbocycles. The van der Waals surface area contributed by atoms with Crippen molar-refractivity contribution in [3.63, 3.8) is 0 Å². The molecule has 0 unspecified atom stereocenters. The second-order valence-corrected chi connectivity index (χ2v) is 11.1. The Morgan fingerprint density at radius 1 is 1.19 bits per heavy atom. The first kappa shape index (κ1) is 18.0. The summed E-state index contributed by atoms with van der Waals surface area (Å²) >= 11 is 14.4. The van der Waals surface area contributed by atoms with Crippen molar-refractivity contribution in [3.05, 3.63) is 45.9 Å². The highest BCUT2D eigenvalue weighted by molar-refractivity contribution is 7.15. The summed E-state index contributed by atoms with van der Waals surface area (Å²) in [5, 5.41) is 4.56. The number of carbonyl (C=O) groups is 1. The number of hydrogen-bond donors (Lipinski definition) is 1. The SMILES string of the molecule is O=C(Nc1ncc(Cc2ccc(Cl)cc2)s1)C12C[C@H]3C[C@@H](CC(Cl)(C3)C1)C2. The first-order valence-electron chi connectivity index (χ1n) is 9.61. The minimum Gasteiger partial charge on any atom is -0.301 e. The third-order valence-corrected chi connectivity index (χ3v) is 8.14. The van der Waals surface area contributed by atoms with E-state index in [9.17, 15) is 4.79 Å². The molecular formula is C21H22Cl2N2OS. The van der Waals surface area contributed by atoms with Crippen LogP contribution >= 0.6 is 34.5 Å². The highest BCUT2D eigenvalue weighted by Crippen LogP contribution is 2.64. The molecule has 1 amide bonds. The van der Waals surface area contributed by atoms with Crippen LogP contribution in [0.25, 0.3) is 0 Å². The number of nitrogens with zero attached hydrogens (tertiary/aromatic N) is 1. The number of nitrogens with one attached hydrogen (secondary N) is 1. The Labute approximate surface area is 173 Å². The van der Waals surface area contributed by atoms with Crippen LogP contribution in [-0.4, -0.2) is 15.8 Å². The standard InChI is InChI=1S/C21H22Cl2N2OS/c22-16-3-1-13(2-4-16)6-17-11-24-19(27-17)25-18(26)20-7-14-5-15(8-20)10-21(23,9-14)12-20/h1-4,11,14-15H,5-10,12H2,(H,24,25,26)/t14-,15-,20?,21?/m1/s1. The summed E-state index contributed by atoms with van der Waals surface area (Å²) in [6.45, 7) is 0. The van der Waals surface area contributed by atoms with Crippen molar-refractivity contribution in [2.24, 2.45) is 17.3 Å². The fourth-order valence-corrected chi connectivity index (χ4v) is 7.56. The third-order valence-electron chi connectivity index (χ3n) is 6.54. The number of anilines is 1. The molecule has 0 spiro atoms. The van der Waals surface area contributed by atoms with Gasteiger partial charge in [0.25, 0.3) is 0 Å². The van der Waals surface area contributed by atoms with Gasteiger partial charge in [0.1, 0.15) is 0 Å². The van der Waals surface area contributed by atoms with Gasteiger partial charge in [-0.2, -0.15) is 0 Å². The lowest BCUT2D eigenvalue weighted by atomic mass is 9.49. The Hall–Kier alpha value is -1.10. The minimum absolute atomic E-state index is 0.133. The van der Waals surface area contributed by atoms with Crippen LogP contribution in [0.1, 0.15) is 49.0 Å². The van der Waals surface area contributed by atoms with Gasteiger partial charge in [-0.15, -0.1) is 22.9 Å². The molecule has 1 aromatic heterocycles. The molecule has 0 aliphatic heterocycles. The molecule has 0 saturated heterocycles. The van der Waals surface area contributed by atoms with Gasteiger partial charge >= 0.3 is 0 Å². The molecule has 1 N–H and O–H groups in total. The van der Waals surface area contributed by atoms with Crippen molar-refractivity contribution >= 4 is 45.6 Å². The topological polar surface area (TPSA) is 42.0 Å². The number of thiazole rings is 1. The fraction of sp³-hybridized carbons (Fsp3) is 0.524. The Morgan fingerprint density at radius 3 is 2.56 bits per heavy atom. The lowest BCUT2D eigenvalue weighted by molar-refractivity contribution is -0.138. The Kier molecular flexibility index (Phi) is 4.30. The Morgan fingerprint density at radius 2 is 1.89 bits per heavy atom. The van der Waals surface area contributed by atoms with E-state index in [1.807, 2.05) is 30.5 Å². The lowest BCUT2D eigenvalue weighted by Gasteiger charge is -2.59. The van der Waals surface area contributed by atoms with Crippen LogP contribution in [0.3, 0.4) is 0 Å². The molecule has 3 nitrogen and oxygen atoms in total. The zero-order valence-corrected chi connectivity index (χ0v) is 17.3. The van der Waals surface area contributed by atoms with Gasteiger partial charge in [-0.05, 0) is 68.1 Å². The van der Waals surface area contributed by atoms with Gasteiger partial charge in [-0.3, -0.25) is 4.79 Å². The Bertz CT molecular complexity index is 865. The molecule has 1 heterocycles. The average Bonchev–Trinajstić information content (AvgIpc) is 3.02. The number of halogens is 2. The van der Waals surface area contributed by atoms with E-state index < -0.39 is 0 Å². The van der Waals surface area contributed by atoms with E-state index in [-0.39, 0.29) is 16.2 Å². The first-order valence-corrected chi connectivity index (χ1v) is 11.2. The second kappa shape index (κ2) is 6.47. The molecule has 6 heteroatoms. The van der Waals surface area contributed by atoms with Gasteiger partial charge in [0.2, 0.25) is 5.91 Å². The number of aromatic nitrogens is 1. The quantitative estimate of drug-likeness (QED) is 0.625. The molecule has 0 radical (unpaired) electrons. The van der Waals surface area contributed by atoms with Gasteiger partial charge in [-0.1, -0.05) is 23.7 Å². The van der Waals surface area contributed by atoms with E-state index in [0.717, 1.165) is 48.4 Å². The van der Waals surface area contributed by atoms with E-state index in [1.54, 1.807) is 11.3 Å². The van der Waals surface area contributed by atoms with E-state index in [0.29, 0.717) is 17.0 Å². The normalized spacial score (nSPS) is 34.0. The van der Waals surface area contributed by atoms with Gasteiger partial charge in [0, 0.05) is 27.4 Å². The van der Waals surface area contributed by atoms with Crippen molar-refractivity contribution in [1.29, 1.82) is 0 Å². The zero-order valence-electron chi connectivity index (χ0n) is 15.0. The maximum atomic E-state index is 13.2. The first-order chi connectivity index (χ1) is 12.9. The third kappa shape index (κ3) is 3.41. The highest BCUT2D eigenvalue weighted by Gasteiger charge is 2.60. The fourth-order valence-electron chi connectivity index (χ4n) is 5.90. The average molecular weight is 421 g/mol. The summed E-state index contributed by atoms with van der Waals surface area (Å²) in [5.74, 6) is 1.37. The van der Waals surface area contributed by atoms with Crippen LogP contribution < -0.4 is 5.32 Å². The second-order valence-electron chi connectivity index (χ2n) is 8.78. The summed E-state index contributed by atoms with van der Waals surface area (Å²) < 4.78 is 0. The molecule has 4 bridgehead atoms. The van der Waals surface area contributed by atoms with E-state index in [1.165, 1.54) is 12.0 Å². The van der Waals surface area contributed by atoms with Crippen LogP contribution in [0.5, 0.6) is 0 Å². The van der Waals surface area contributed by atoms with E-state index >= 15 is 0 Å². The van der Waals surface area contributed by atoms with Crippen LogP contribution in [0, 0.1) is 17.3 Å². The molecule has 4 fully saturated rings. The molecular weight excluding hydrogens is 399 g/mol. The molecule has 2 atom stereocenters. The van der Waals surface area contributed by atoms with Crippen LogP contribution in [0.2, 0.25) is 5.02 Å². The zero-order chi connectivity index (χ0) is 18.6. The number of alkyl halides is 1. The van der Waals surface area contributed by atoms with E-state index in [4.69, 9.17) is 23.2 Å². The molecule has 1 aromatic carbocycles. The monoisotopic (exact) mass is 420 g/mol. The lowest BCUT2D eigenvalue weighted by Crippen LogP contribution is -2.57. The maximum absolute atomic E-state index is 13.2. The van der Waals surface area contributed by atoms with Crippen LogP contribution in [0.15, 0.2) is 30.5 Å². The molecule has 4 aliphatic rings.